The SMILES string of the molecule is COc1cc2c(cc1OC(C)C)[C@H](c1ccc(Cl)cc1)N(c1ccc(N(C)C[C@H]3CC[C@H](N4CC(=O)N(CO)C4)CC3)nc1)C(=O)C2. The van der Waals surface area contributed by atoms with Gasteiger partial charge in [0.25, 0.3) is 0 Å². The van der Waals surface area contributed by atoms with E-state index in [0.29, 0.717) is 41.7 Å². The number of halogens is 1. The number of nitrogens with zero attached hydrogens (tertiary/aromatic N) is 5. The van der Waals surface area contributed by atoms with E-state index in [-0.39, 0.29) is 31.1 Å². The van der Waals surface area contributed by atoms with Gasteiger partial charge in [0.2, 0.25) is 11.8 Å². The monoisotopic (exact) mass is 661 g/mol. The first kappa shape index (κ1) is 33.1. The molecule has 1 N–H and O–H groups in total. The third-order valence-corrected chi connectivity index (χ3v) is 9.87. The number of carbonyl (C=O) groups is 2. The maximum Gasteiger partial charge on any atom is 0.239 e. The number of pyridine rings is 1. The van der Waals surface area contributed by atoms with Crippen LogP contribution in [0.2, 0.25) is 5.02 Å². The highest BCUT2D eigenvalue weighted by atomic mass is 35.5. The normalized spacial score (nSPS) is 21.7. The zero-order chi connectivity index (χ0) is 33.2. The average molecular weight is 662 g/mol. The van der Waals surface area contributed by atoms with Gasteiger partial charge in [-0.3, -0.25) is 19.4 Å². The van der Waals surface area contributed by atoms with E-state index in [0.717, 1.165) is 60.4 Å². The number of methoxy groups -OCH3 is 1. The van der Waals surface area contributed by atoms with E-state index in [9.17, 15) is 14.7 Å². The molecule has 2 aromatic carbocycles. The molecule has 2 fully saturated rings. The molecule has 3 heterocycles. The van der Waals surface area contributed by atoms with Gasteiger partial charge < -0.3 is 24.4 Å². The molecule has 0 bridgehead atoms. The Morgan fingerprint density at radius 2 is 1.77 bits per heavy atom. The summed E-state index contributed by atoms with van der Waals surface area (Å²) < 4.78 is 11.8. The Morgan fingerprint density at radius 1 is 1.02 bits per heavy atom. The van der Waals surface area contributed by atoms with Crippen LogP contribution in [0, 0.1) is 5.92 Å². The lowest BCUT2D eigenvalue weighted by atomic mass is 9.85. The van der Waals surface area contributed by atoms with Gasteiger partial charge in [-0.1, -0.05) is 23.7 Å². The molecular weight excluding hydrogens is 618 g/mol. The molecule has 1 aromatic heterocycles. The highest BCUT2D eigenvalue weighted by Gasteiger charge is 2.37. The van der Waals surface area contributed by atoms with Crippen molar-refractivity contribution in [3.05, 3.63) is 76.4 Å². The van der Waals surface area contributed by atoms with Crippen LogP contribution >= 0.6 is 11.6 Å². The van der Waals surface area contributed by atoms with Crippen LogP contribution in [0.25, 0.3) is 0 Å². The highest BCUT2D eigenvalue weighted by molar-refractivity contribution is 6.30. The smallest absolute Gasteiger partial charge is 0.239 e. The van der Waals surface area contributed by atoms with Gasteiger partial charge >= 0.3 is 0 Å². The summed E-state index contributed by atoms with van der Waals surface area (Å²) in [6.45, 7) is 5.54. The molecule has 10 nitrogen and oxygen atoms in total. The van der Waals surface area contributed by atoms with Crippen molar-refractivity contribution in [2.45, 2.75) is 64.1 Å². The second-order valence-corrected chi connectivity index (χ2v) is 13.6. The number of hydrogen-bond acceptors (Lipinski definition) is 8. The third-order valence-electron chi connectivity index (χ3n) is 9.62. The maximum absolute atomic E-state index is 13.9. The number of fused-ring (bicyclic) bond motifs is 1. The summed E-state index contributed by atoms with van der Waals surface area (Å²) in [6, 6.07) is 15.5. The second-order valence-electron chi connectivity index (χ2n) is 13.2. The lowest BCUT2D eigenvalue weighted by Crippen LogP contribution is -2.41. The fraction of sp³-hybridized carbons (Fsp3) is 0.472. The van der Waals surface area contributed by atoms with Crippen molar-refractivity contribution in [2.75, 3.05) is 50.4 Å². The first-order valence-electron chi connectivity index (χ1n) is 16.4. The third kappa shape index (κ3) is 7.05. The van der Waals surface area contributed by atoms with Gasteiger partial charge in [-0.15, -0.1) is 0 Å². The van der Waals surface area contributed by atoms with Crippen molar-refractivity contribution in [1.82, 2.24) is 14.8 Å². The largest absolute Gasteiger partial charge is 0.493 e. The molecule has 0 radical (unpaired) electrons. The van der Waals surface area contributed by atoms with Crippen molar-refractivity contribution in [2.24, 2.45) is 5.92 Å². The number of aromatic nitrogens is 1. The maximum atomic E-state index is 13.9. The Bertz CT molecular complexity index is 1580. The summed E-state index contributed by atoms with van der Waals surface area (Å²) in [6.07, 6.45) is 6.21. The number of carbonyl (C=O) groups excluding carboxylic acids is 2. The van der Waals surface area contributed by atoms with Crippen molar-refractivity contribution >= 4 is 34.9 Å². The van der Waals surface area contributed by atoms with Crippen molar-refractivity contribution in [1.29, 1.82) is 0 Å². The van der Waals surface area contributed by atoms with Crippen LogP contribution in [0.1, 0.15) is 62.3 Å². The minimum Gasteiger partial charge on any atom is -0.493 e. The van der Waals surface area contributed by atoms with Crippen LogP contribution in [0.4, 0.5) is 11.5 Å². The molecule has 2 amide bonds. The van der Waals surface area contributed by atoms with Crippen molar-refractivity contribution < 1.29 is 24.2 Å². The molecule has 1 saturated carbocycles. The highest BCUT2D eigenvalue weighted by Crippen LogP contribution is 2.44. The standard InChI is InChI=1S/C36H44ClN5O5/c1-23(2)47-32-17-30-26(15-31(32)46-4)16-34(44)42(36(30)25-7-9-27(37)10-8-25)29-13-14-33(38-18-29)39(3)19-24-5-11-28(12-6-24)40-20-35(45)41(21-40)22-43/h7-10,13-15,17-18,23-24,28,36,43H,5-6,11-12,16,19-22H2,1-4H3/t24-,28-,36-/m0/s1. The van der Waals surface area contributed by atoms with E-state index in [2.05, 4.69) is 16.8 Å². The Kier molecular flexibility index (Phi) is 9.91. The van der Waals surface area contributed by atoms with Gasteiger partial charge in [-0.05, 0) is 98.5 Å². The molecule has 3 aromatic rings. The Morgan fingerprint density at radius 3 is 2.38 bits per heavy atom. The second kappa shape index (κ2) is 14.1. The van der Waals surface area contributed by atoms with Crippen LogP contribution < -0.4 is 19.3 Å². The van der Waals surface area contributed by atoms with Crippen LogP contribution in [-0.4, -0.2) is 84.5 Å². The van der Waals surface area contributed by atoms with Gasteiger partial charge in [0.1, 0.15) is 12.5 Å². The predicted molar refractivity (Wildman–Crippen MR) is 182 cm³/mol. The topological polar surface area (TPSA) is 98.7 Å². The van der Waals surface area contributed by atoms with Gasteiger partial charge in [0.15, 0.2) is 11.5 Å². The van der Waals surface area contributed by atoms with E-state index < -0.39 is 6.04 Å². The summed E-state index contributed by atoms with van der Waals surface area (Å²) in [4.78, 5) is 38.5. The van der Waals surface area contributed by atoms with E-state index >= 15 is 0 Å². The Balaban J connectivity index is 1.19. The number of aliphatic hydroxyl groups is 1. The number of rotatable bonds is 10. The molecule has 0 unspecified atom stereocenters. The van der Waals surface area contributed by atoms with Crippen LogP contribution in [0.3, 0.4) is 0 Å². The fourth-order valence-corrected chi connectivity index (χ4v) is 7.36. The number of amides is 2. The van der Waals surface area contributed by atoms with Gasteiger partial charge in [-0.2, -0.15) is 0 Å². The van der Waals surface area contributed by atoms with Crippen LogP contribution in [0.15, 0.2) is 54.7 Å². The van der Waals surface area contributed by atoms with Crippen molar-refractivity contribution in [3.8, 4) is 11.5 Å². The van der Waals surface area contributed by atoms with E-state index in [1.165, 1.54) is 4.90 Å². The Labute approximate surface area is 281 Å². The Hall–Kier alpha value is -3.86. The molecule has 0 spiro atoms. The van der Waals surface area contributed by atoms with E-state index in [4.69, 9.17) is 26.1 Å². The molecular formula is C36H44ClN5O5. The van der Waals surface area contributed by atoms with E-state index in [1.54, 1.807) is 13.3 Å². The fourth-order valence-electron chi connectivity index (χ4n) is 7.24. The molecule has 1 atom stereocenters. The molecule has 2 aliphatic heterocycles. The summed E-state index contributed by atoms with van der Waals surface area (Å²) in [7, 11) is 3.68. The minimum absolute atomic E-state index is 0.00366. The van der Waals surface area contributed by atoms with Gasteiger partial charge in [0.05, 0.1) is 50.8 Å². The zero-order valence-corrected chi connectivity index (χ0v) is 28.3. The first-order valence-corrected chi connectivity index (χ1v) is 16.8. The summed E-state index contributed by atoms with van der Waals surface area (Å²) >= 11 is 6.27. The number of ether oxygens (including phenoxy) is 2. The molecule has 1 aliphatic carbocycles. The number of aliphatic hydroxyl groups excluding tert-OH is 1. The number of anilines is 2. The number of benzene rings is 2. The number of hydrogen-bond donors (Lipinski definition) is 1. The minimum atomic E-state index is -0.403. The van der Waals surface area contributed by atoms with Crippen LogP contribution in [-0.2, 0) is 16.0 Å². The zero-order valence-electron chi connectivity index (χ0n) is 27.6. The molecule has 250 valence electrons. The molecule has 6 rings (SSSR count). The molecule has 1 saturated heterocycles. The van der Waals surface area contributed by atoms with E-state index in [1.807, 2.05) is 67.3 Å². The lowest BCUT2D eigenvalue weighted by molar-refractivity contribution is -0.129. The summed E-state index contributed by atoms with van der Waals surface area (Å²) in [5.74, 6) is 2.60. The summed E-state index contributed by atoms with van der Waals surface area (Å²) in [5, 5.41) is 10.0. The molecule has 11 heteroatoms. The quantitative estimate of drug-likeness (QED) is 0.315. The predicted octanol–water partition coefficient (Wildman–Crippen LogP) is 5.26. The summed E-state index contributed by atoms with van der Waals surface area (Å²) in [5.41, 5.74) is 3.53. The molecule has 3 aliphatic rings. The van der Waals surface area contributed by atoms with Gasteiger partial charge in [0, 0.05) is 24.7 Å². The van der Waals surface area contributed by atoms with Gasteiger partial charge in [-0.25, -0.2) is 4.98 Å². The lowest BCUT2D eigenvalue weighted by Gasteiger charge is -2.38. The first-order chi connectivity index (χ1) is 22.6. The average Bonchev–Trinajstić information content (AvgIpc) is 3.45. The van der Waals surface area contributed by atoms with Crippen molar-refractivity contribution in [3.63, 3.8) is 0 Å². The van der Waals surface area contributed by atoms with Crippen LogP contribution in [0.5, 0.6) is 11.5 Å². The molecule has 47 heavy (non-hydrogen) atoms.